The van der Waals surface area contributed by atoms with Crippen LogP contribution in [-0.4, -0.2) is 28.1 Å². The first-order chi connectivity index (χ1) is 13.4. The summed E-state index contributed by atoms with van der Waals surface area (Å²) in [5.74, 6) is 4.63. The van der Waals surface area contributed by atoms with E-state index in [9.17, 15) is 0 Å². The van der Waals surface area contributed by atoms with Gasteiger partial charge in [0.1, 0.15) is 5.75 Å². The monoisotopic (exact) mass is 418 g/mol. The number of hydrogen-bond donors (Lipinski definition) is 0. The molecule has 0 saturated heterocycles. The molecule has 0 saturated carbocycles. The Morgan fingerprint density at radius 1 is 1.07 bits per heavy atom. The maximum Gasteiger partial charge on any atom is 0.191 e. The van der Waals surface area contributed by atoms with Gasteiger partial charge >= 0.3 is 0 Å². The van der Waals surface area contributed by atoms with Crippen LogP contribution >= 0.6 is 0 Å². The molecule has 1 aromatic rings. The van der Waals surface area contributed by atoms with Gasteiger partial charge in [-0.1, -0.05) is 46.8 Å². The van der Waals surface area contributed by atoms with E-state index in [1.165, 1.54) is 0 Å². The lowest BCUT2D eigenvalue weighted by molar-refractivity contribution is -0.0215. The van der Waals surface area contributed by atoms with Gasteiger partial charge in [-0.2, -0.15) is 0 Å². The smallest absolute Gasteiger partial charge is 0.191 e. The third kappa shape index (κ3) is 8.16. The van der Waals surface area contributed by atoms with Gasteiger partial charge in [-0.3, -0.25) is 0 Å². The Bertz CT molecular complexity index is 640. The summed E-state index contributed by atoms with van der Waals surface area (Å²) >= 11 is 0. The summed E-state index contributed by atoms with van der Waals surface area (Å²) in [4.78, 5) is 0. The van der Waals surface area contributed by atoms with E-state index in [4.69, 9.17) is 20.3 Å². The zero-order valence-electron chi connectivity index (χ0n) is 20.0. The van der Waals surface area contributed by atoms with Crippen molar-refractivity contribution in [3.05, 3.63) is 29.8 Å². The minimum absolute atomic E-state index is 0.0254. The van der Waals surface area contributed by atoms with Crippen molar-refractivity contribution in [2.45, 2.75) is 78.8 Å². The maximum absolute atomic E-state index is 6.42. The van der Waals surface area contributed by atoms with E-state index < -0.39 is 8.32 Å². The number of terminal acetylenes is 1. The van der Waals surface area contributed by atoms with Crippen LogP contribution in [0.5, 0.6) is 5.75 Å². The molecule has 0 heterocycles. The fourth-order valence-electron chi connectivity index (χ4n) is 3.21. The third-order valence-electron chi connectivity index (χ3n) is 6.23. The van der Waals surface area contributed by atoms with Crippen LogP contribution in [0.25, 0.3) is 0 Å². The normalized spacial score (nSPS) is 16.6. The van der Waals surface area contributed by atoms with E-state index in [2.05, 4.69) is 60.6 Å². The summed E-state index contributed by atoms with van der Waals surface area (Å²) in [6.07, 6.45) is 6.81. The molecule has 0 aromatic heterocycles. The number of ether oxygens (including phenoxy) is 2. The molecule has 3 nitrogen and oxygen atoms in total. The summed E-state index contributed by atoms with van der Waals surface area (Å²) in [7, 11) is -0.0412. The Labute approximate surface area is 180 Å². The number of benzene rings is 1. The standard InChI is InChI=1S/C25H42O3Si/c1-11-20(3)24(27-18-22-12-14-23(26-8)15-13-22)21(4)16-19(2)17-28-29(9,10)25(5,6)7/h1,12-15,19-21,24H,16-18H2,2-10H3/t19-,20+,21-,24+/m1/s1. The highest BCUT2D eigenvalue weighted by molar-refractivity contribution is 6.74. The molecule has 29 heavy (non-hydrogen) atoms. The number of hydrogen-bond acceptors (Lipinski definition) is 3. The van der Waals surface area contributed by atoms with Gasteiger partial charge in [-0.05, 0) is 61.0 Å². The first-order valence-corrected chi connectivity index (χ1v) is 13.7. The van der Waals surface area contributed by atoms with Crippen LogP contribution in [0.15, 0.2) is 24.3 Å². The van der Waals surface area contributed by atoms with E-state index in [-0.39, 0.29) is 17.1 Å². The van der Waals surface area contributed by atoms with Crippen LogP contribution < -0.4 is 4.74 Å². The van der Waals surface area contributed by atoms with E-state index in [1.807, 2.05) is 24.3 Å². The second-order valence-electron chi connectivity index (χ2n) is 9.97. The van der Waals surface area contributed by atoms with Crippen molar-refractivity contribution >= 4 is 8.32 Å². The Morgan fingerprint density at radius 2 is 1.66 bits per heavy atom. The molecule has 0 amide bonds. The van der Waals surface area contributed by atoms with Crippen LogP contribution in [0.2, 0.25) is 18.1 Å². The second-order valence-corrected chi connectivity index (χ2v) is 14.8. The van der Waals surface area contributed by atoms with E-state index in [0.29, 0.717) is 18.4 Å². The zero-order chi connectivity index (χ0) is 22.2. The molecule has 0 aliphatic rings. The van der Waals surface area contributed by atoms with Crippen molar-refractivity contribution in [2.75, 3.05) is 13.7 Å². The van der Waals surface area contributed by atoms with Gasteiger partial charge in [-0.25, -0.2) is 0 Å². The van der Waals surface area contributed by atoms with E-state index in [0.717, 1.165) is 24.3 Å². The molecule has 0 unspecified atom stereocenters. The summed E-state index contributed by atoms with van der Waals surface area (Å²) in [6.45, 7) is 19.4. The molecule has 0 spiro atoms. The topological polar surface area (TPSA) is 27.7 Å². The Balaban J connectivity index is 2.66. The van der Waals surface area contributed by atoms with Gasteiger partial charge < -0.3 is 13.9 Å². The van der Waals surface area contributed by atoms with Crippen molar-refractivity contribution in [2.24, 2.45) is 17.8 Å². The summed E-state index contributed by atoms with van der Waals surface area (Å²) in [5.41, 5.74) is 1.13. The van der Waals surface area contributed by atoms with E-state index in [1.54, 1.807) is 7.11 Å². The van der Waals surface area contributed by atoms with Gasteiger partial charge in [0.25, 0.3) is 0 Å². The molecule has 0 N–H and O–H groups in total. The average Bonchev–Trinajstić information content (AvgIpc) is 2.65. The number of methoxy groups -OCH3 is 1. The van der Waals surface area contributed by atoms with Gasteiger partial charge in [0.15, 0.2) is 8.32 Å². The van der Waals surface area contributed by atoms with Crippen molar-refractivity contribution < 1.29 is 13.9 Å². The van der Waals surface area contributed by atoms with Crippen LogP contribution in [0.4, 0.5) is 0 Å². The lowest BCUT2D eigenvalue weighted by Gasteiger charge is -2.37. The van der Waals surface area contributed by atoms with Crippen LogP contribution in [0.1, 0.15) is 53.5 Å². The number of rotatable bonds is 11. The molecule has 0 aliphatic carbocycles. The highest BCUT2D eigenvalue weighted by atomic mass is 28.4. The van der Waals surface area contributed by atoms with Gasteiger partial charge in [0, 0.05) is 12.5 Å². The SMILES string of the molecule is C#C[C@H](C)[C@H](OCc1ccc(OC)cc1)[C@H](C)C[C@@H](C)CO[Si](C)(C)C(C)(C)C. The first-order valence-electron chi connectivity index (χ1n) is 10.8. The fraction of sp³-hybridized carbons (Fsp3) is 0.680. The van der Waals surface area contributed by atoms with Crippen LogP contribution in [0.3, 0.4) is 0 Å². The third-order valence-corrected chi connectivity index (χ3v) is 10.7. The van der Waals surface area contributed by atoms with Crippen LogP contribution in [-0.2, 0) is 15.8 Å². The summed E-state index contributed by atoms with van der Waals surface area (Å²) in [5, 5.41) is 0.236. The van der Waals surface area contributed by atoms with E-state index >= 15 is 0 Å². The minimum atomic E-state index is -1.72. The molecular weight excluding hydrogens is 376 g/mol. The van der Waals surface area contributed by atoms with Crippen molar-refractivity contribution in [3.63, 3.8) is 0 Å². The molecule has 0 bridgehead atoms. The lowest BCUT2D eigenvalue weighted by Crippen LogP contribution is -2.42. The molecule has 1 aromatic carbocycles. The molecule has 4 heteroatoms. The Morgan fingerprint density at radius 3 is 2.14 bits per heavy atom. The minimum Gasteiger partial charge on any atom is -0.497 e. The predicted molar refractivity (Wildman–Crippen MR) is 126 cm³/mol. The Kier molecular flexibility index (Phi) is 9.95. The molecular formula is C25H42O3Si. The Hall–Kier alpha value is -1.28. The predicted octanol–water partition coefficient (Wildman–Crippen LogP) is 6.53. The van der Waals surface area contributed by atoms with Crippen LogP contribution in [0, 0.1) is 30.1 Å². The molecule has 1 rings (SSSR count). The lowest BCUT2D eigenvalue weighted by atomic mass is 9.87. The average molecular weight is 419 g/mol. The molecule has 0 aliphatic heterocycles. The molecule has 0 fully saturated rings. The molecule has 4 atom stereocenters. The zero-order valence-corrected chi connectivity index (χ0v) is 21.0. The van der Waals surface area contributed by atoms with Crippen molar-refractivity contribution in [3.8, 4) is 18.1 Å². The fourth-order valence-corrected chi connectivity index (χ4v) is 4.35. The second kappa shape index (κ2) is 11.2. The summed E-state index contributed by atoms with van der Waals surface area (Å²) in [6, 6.07) is 8.00. The van der Waals surface area contributed by atoms with Crippen molar-refractivity contribution in [1.82, 2.24) is 0 Å². The van der Waals surface area contributed by atoms with Gasteiger partial charge in [0.05, 0.1) is 19.8 Å². The quantitative estimate of drug-likeness (QED) is 0.302. The molecule has 164 valence electrons. The highest BCUT2D eigenvalue weighted by Gasteiger charge is 2.37. The molecule has 0 radical (unpaired) electrons. The maximum atomic E-state index is 6.42. The largest absolute Gasteiger partial charge is 0.497 e. The van der Waals surface area contributed by atoms with Crippen molar-refractivity contribution in [1.29, 1.82) is 0 Å². The highest BCUT2D eigenvalue weighted by Crippen LogP contribution is 2.37. The van der Waals surface area contributed by atoms with Gasteiger partial charge in [0.2, 0.25) is 0 Å². The summed E-state index contributed by atoms with van der Waals surface area (Å²) < 4.78 is 17.9. The van der Waals surface area contributed by atoms with Gasteiger partial charge in [-0.15, -0.1) is 12.3 Å². The first kappa shape index (κ1) is 25.8.